The third-order valence-corrected chi connectivity index (χ3v) is 6.33. The lowest BCUT2D eigenvalue weighted by Crippen LogP contribution is -2.49. The number of carbonyl (C=O) groups excluding carboxylic acids is 1. The van der Waals surface area contributed by atoms with E-state index in [0.29, 0.717) is 18.2 Å². The largest absolute Gasteiger partial charge is 0.467 e. The normalized spacial score (nSPS) is 18.6. The Morgan fingerprint density at radius 2 is 1.70 bits per heavy atom. The number of para-hydroxylation sites is 2. The summed E-state index contributed by atoms with van der Waals surface area (Å²) in [6.07, 6.45) is 2.68. The molecule has 2 aliphatic rings. The van der Waals surface area contributed by atoms with Crippen molar-refractivity contribution >= 4 is 17.3 Å². The number of piperazine rings is 1. The number of carbonyl (C=O) groups is 1. The second-order valence-electron chi connectivity index (χ2n) is 8.18. The van der Waals surface area contributed by atoms with Gasteiger partial charge in [-0.3, -0.25) is 4.79 Å². The van der Waals surface area contributed by atoms with Crippen molar-refractivity contribution in [1.29, 1.82) is 0 Å². The first-order chi connectivity index (χ1) is 14.7. The molecule has 0 aliphatic carbocycles. The van der Waals surface area contributed by atoms with Gasteiger partial charge in [-0.05, 0) is 43.2 Å². The summed E-state index contributed by atoms with van der Waals surface area (Å²) in [5, 5.41) is 0. The number of benzene rings is 2. The Morgan fingerprint density at radius 1 is 0.967 bits per heavy atom. The predicted molar refractivity (Wildman–Crippen MR) is 119 cm³/mol. The van der Waals surface area contributed by atoms with Crippen molar-refractivity contribution in [2.75, 3.05) is 36.0 Å². The van der Waals surface area contributed by atoms with E-state index in [2.05, 4.69) is 65.3 Å². The maximum absolute atomic E-state index is 13.3. The van der Waals surface area contributed by atoms with Gasteiger partial charge >= 0.3 is 0 Å². The minimum Gasteiger partial charge on any atom is -0.467 e. The molecule has 0 spiro atoms. The second kappa shape index (κ2) is 7.90. The fourth-order valence-electron chi connectivity index (χ4n) is 4.66. The van der Waals surface area contributed by atoms with Gasteiger partial charge in [-0.15, -0.1) is 0 Å². The first kappa shape index (κ1) is 18.8. The van der Waals surface area contributed by atoms with Gasteiger partial charge < -0.3 is 19.1 Å². The van der Waals surface area contributed by atoms with Crippen LogP contribution in [0.4, 0.5) is 11.4 Å². The van der Waals surface area contributed by atoms with E-state index in [1.807, 2.05) is 17.0 Å². The zero-order valence-corrected chi connectivity index (χ0v) is 17.3. The quantitative estimate of drug-likeness (QED) is 0.657. The molecule has 5 rings (SSSR count). The van der Waals surface area contributed by atoms with Gasteiger partial charge in [-0.25, -0.2) is 0 Å². The van der Waals surface area contributed by atoms with Crippen molar-refractivity contribution in [3.8, 4) is 0 Å². The molecule has 0 saturated carbocycles. The molecule has 1 unspecified atom stereocenters. The van der Waals surface area contributed by atoms with Gasteiger partial charge in [0.25, 0.3) is 5.91 Å². The second-order valence-corrected chi connectivity index (χ2v) is 8.18. The highest BCUT2D eigenvalue weighted by Gasteiger charge is 2.30. The Labute approximate surface area is 177 Å². The van der Waals surface area contributed by atoms with Crippen LogP contribution in [0.2, 0.25) is 0 Å². The fraction of sp³-hybridized carbons (Fsp3) is 0.320. The summed E-state index contributed by atoms with van der Waals surface area (Å²) in [5.41, 5.74) is 4.52. The van der Waals surface area contributed by atoms with Crippen molar-refractivity contribution in [2.45, 2.75) is 25.9 Å². The molecule has 0 N–H and O–H groups in total. The highest BCUT2D eigenvalue weighted by atomic mass is 16.3. The summed E-state index contributed by atoms with van der Waals surface area (Å²) in [7, 11) is 0. The van der Waals surface area contributed by atoms with Gasteiger partial charge in [0, 0.05) is 43.6 Å². The van der Waals surface area contributed by atoms with E-state index < -0.39 is 0 Å². The van der Waals surface area contributed by atoms with Gasteiger partial charge in [0.2, 0.25) is 0 Å². The summed E-state index contributed by atoms with van der Waals surface area (Å²) >= 11 is 0. The van der Waals surface area contributed by atoms with E-state index in [-0.39, 0.29) is 5.91 Å². The lowest BCUT2D eigenvalue weighted by Gasteiger charge is -2.36. The number of rotatable bonds is 4. The Balaban J connectivity index is 1.28. The van der Waals surface area contributed by atoms with Crippen LogP contribution < -0.4 is 9.80 Å². The first-order valence-electron chi connectivity index (χ1n) is 10.7. The molecule has 1 fully saturated rings. The molecule has 1 aromatic heterocycles. The van der Waals surface area contributed by atoms with Gasteiger partial charge in [-0.2, -0.15) is 0 Å². The van der Waals surface area contributed by atoms with E-state index in [1.165, 1.54) is 16.9 Å². The Morgan fingerprint density at radius 3 is 2.50 bits per heavy atom. The van der Waals surface area contributed by atoms with E-state index in [9.17, 15) is 4.79 Å². The highest BCUT2D eigenvalue weighted by molar-refractivity contribution is 5.95. The molecule has 5 nitrogen and oxygen atoms in total. The Hall–Kier alpha value is -3.21. The SMILES string of the molecule is CC1Cc2ccccc2N1Cc1occc1C(=O)N1CCN(c2ccccc2)CC1. The minimum absolute atomic E-state index is 0.0756. The summed E-state index contributed by atoms with van der Waals surface area (Å²) in [5.74, 6) is 0.834. The summed E-state index contributed by atoms with van der Waals surface area (Å²) in [6.45, 7) is 5.99. The molecule has 2 aromatic carbocycles. The average Bonchev–Trinajstić information content (AvgIpc) is 3.38. The molecule has 30 heavy (non-hydrogen) atoms. The van der Waals surface area contributed by atoms with Gasteiger partial charge in [0.1, 0.15) is 5.76 Å². The minimum atomic E-state index is 0.0756. The van der Waals surface area contributed by atoms with E-state index in [0.717, 1.165) is 38.4 Å². The molecule has 1 saturated heterocycles. The molecule has 0 bridgehead atoms. The number of furan rings is 1. The van der Waals surface area contributed by atoms with E-state index in [4.69, 9.17) is 4.42 Å². The standard InChI is InChI=1S/C25H27N3O2/c1-19-17-20-7-5-6-10-23(20)28(19)18-24-22(11-16-30-24)25(29)27-14-12-26(13-15-27)21-8-3-2-4-9-21/h2-11,16,19H,12-15,17-18H2,1H3. The Bertz CT molecular complexity index is 1020. The number of hydrogen-bond acceptors (Lipinski definition) is 4. The van der Waals surface area contributed by atoms with Crippen LogP contribution in [0.1, 0.15) is 28.6 Å². The van der Waals surface area contributed by atoms with Crippen molar-refractivity contribution < 1.29 is 9.21 Å². The molecule has 0 radical (unpaired) electrons. The van der Waals surface area contributed by atoms with Crippen LogP contribution in [0.5, 0.6) is 0 Å². The topological polar surface area (TPSA) is 39.9 Å². The molecular formula is C25H27N3O2. The summed E-state index contributed by atoms with van der Waals surface area (Å²) in [4.78, 5) is 19.9. The van der Waals surface area contributed by atoms with Crippen molar-refractivity contribution in [3.05, 3.63) is 83.8 Å². The third kappa shape index (κ3) is 3.45. The third-order valence-electron chi connectivity index (χ3n) is 6.33. The van der Waals surface area contributed by atoms with Crippen LogP contribution in [0.3, 0.4) is 0 Å². The zero-order valence-electron chi connectivity index (χ0n) is 17.3. The van der Waals surface area contributed by atoms with Gasteiger partial charge in [-0.1, -0.05) is 36.4 Å². The number of amides is 1. The molecule has 5 heteroatoms. The molecule has 2 aliphatic heterocycles. The lowest BCUT2D eigenvalue weighted by molar-refractivity contribution is 0.0744. The van der Waals surface area contributed by atoms with Crippen molar-refractivity contribution in [2.24, 2.45) is 0 Å². The highest BCUT2D eigenvalue weighted by Crippen LogP contribution is 2.33. The van der Waals surface area contributed by atoms with Gasteiger partial charge in [0.15, 0.2) is 0 Å². The van der Waals surface area contributed by atoms with Crippen LogP contribution >= 0.6 is 0 Å². The molecule has 154 valence electrons. The maximum atomic E-state index is 13.3. The summed E-state index contributed by atoms with van der Waals surface area (Å²) < 4.78 is 5.79. The van der Waals surface area contributed by atoms with Crippen LogP contribution in [0, 0.1) is 0 Å². The van der Waals surface area contributed by atoms with E-state index >= 15 is 0 Å². The Kier molecular flexibility index (Phi) is 4.95. The molecule has 1 amide bonds. The monoisotopic (exact) mass is 401 g/mol. The number of anilines is 2. The van der Waals surface area contributed by atoms with Crippen LogP contribution in [-0.4, -0.2) is 43.0 Å². The lowest BCUT2D eigenvalue weighted by atomic mass is 10.1. The number of hydrogen-bond donors (Lipinski definition) is 0. The van der Waals surface area contributed by atoms with E-state index in [1.54, 1.807) is 6.26 Å². The zero-order chi connectivity index (χ0) is 20.5. The van der Waals surface area contributed by atoms with Crippen LogP contribution in [-0.2, 0) is 13.0 Å². The predicted octanol–water partition coefficient (Wildman–Crippen LogP) is 4.19. The summed E-state index contributed by atoms with van der Waals surface area (Å²) in [6, 6.07) is 21.1. The fourth-order valence-corrected chi connectivity index (χ4v) is 4.66. The van der Waals surface area contributed by atoms with Crippen LogP contribution in [0.15, 0.2) is 71.3 Å². The first-order valence-corrected chi connectivity index (χ1v) is 10.7. The molecule has 3 heterocycles. The number of nitrogens with zero attached hydrogens (tertiary/aromatic N) is 3. The van der Waals surface area contributed by atoms with Crippen molar-refractivity contribution in [3.63, 3.8) is 0 Å². The van der Waals surface area contributed by atoms with Crippen LogP contribution in [0.25, 0.3) is 0 Å². The van der Waals surface area contributed by atoms with Crippen molar-refractivity contribution in [1.82, 2.24) is 4.90 Å². The molecule has 1 atom stereocenters. The smallest absolute Gasteiger partial charge is 0.257 e. The maximum Gasteiger partial charge on any atom is 0.257 e. The molecule has 3 aromatic rings. The molecular weight excluding hydrogens is 374 g/mol. The van der Waals surface area contributed by atoms with Gasteiger partial charge in [0.05, 0.1) is 18.4 Å². The number of fused-ring (bicyclic) bond motifs is 1. The average molecular weight is 402 g/mol.